The molecule has 1 N–H and O–H groups in total. The van der Waals surface area contributed by atoms with Crippen LogP contribution in [-0.4, -0.2) is 47.9 Å². The lowest BCUT2D eigenvalue weighted by Crippen LogP contribution is -2.65. The zero-order valence-corrected chi connectivity index (χ0v) is 22.3. The van der Waals surface area contributed by atoms with Crippen LogP contribution in [-0.2, 0) is 20.7 Å². The summed E-state index contributed by atoms with van der Waals surface area (Å²) in [4.78, 5) is 40.4. The minimum absolute atomic E-state index is 0.00538. The van der Waals surface area contributed by atoms with Gasteiger partial charge < -0.3 is 9.47 Å². The van der Waals surface area contributed by atoms with Gasteiger partial charge in [-0.1, -0.05) is 24.3 Å². The maximum Gasteiger partial charge on any atom is 0.542 e. The molecule has 3 aromatic rings. The highest BCUT2D eigenvalue weighted by molar-refractivity contribution is 6.50. The summed E-state index contributed by atoms with van der Waals surface area (Å²) in [6.45, 7) is 6.94. The molecule has 3 amide bonds. The molecule has 6 rings (SSSR count). The average Bonchev–Trinajstić information content (AvgIpc) is 3.59. The Bertz CT molecular complexity index is 1570. The topological polar surface area (TPSA) is 86.6 Å². The molecule has 0 atom stereocenters. The molecule has 2 aromatic carbocycles. The Morgan fingerprint density at radius 3 is 2.49 bits per heavy atom. The number of imide groups is 1. The van der Waals surface area contributed by atoms with Gasteiger partial charge in [-0.15, -0.1) is 4.59 Å². The Hall–Kier alpha value is -3.98. The summed E-state index contributed by atoms with van der Waals surface area (Å²) in [5, 5.41) is 3.05. The van der Waals surface area contributed by atoms with Crippen molar-refractivity contribution in [3.63, 3.8) is 0 Å². The number of ether oxygens (including phenoxy) is 2. The van der Waals surface area contributed by atoms with E-state index in [0.29, 0.717) is 48.3 Å². The van der Waals surface area contributed by atoms with Crippen molar-refractivity contribution in [2.45, 2.75) is 52.1 Å². The minimum Gasteiger partial charge on any atom is -0.492 e. The number of aromatic nitrogens is 1. The Balaban J connectivity index is 1.62. The van der Waals surface area contributed by atoms with Gasteiger partial charge in [0.2, 0.25) is 0 Å². The molecule has 39 heavy (non-hydrogen) atoms. The van der Waals surface area contributed by atoms with Crippen molar-refractivity contribution in [2.75, 3.05) is 19.7 Å². The molecule has 202 valence electrons. The quantitative estimate of drug-likeness (QED) is 0.385. The van der Waals surface area contributed by atoms with E-state index in [4.69, 9.17) is 9.47 Å². The summed E-state index contributed by atoms with van der Waals surface area (Å²) in [7, 11) is 0. The number of amides is 3. The number of hydrogen-bond donors (Lipinski definition) is 1. The molecule has 4 heterocycles. The van der Waals surface area contributed by atoms with Crippen LogP contribution in [0.25, 0.3) is 22.0 Å². The van der Waals surface area contributed by atoms with Crippen molar-refractivity contribution in [3.8, 4) is 5.75 Å². The molecule has 0 saturated carbocycles. The number of halogens is 1. The third-order valence-corrected chi connectivity index (χ3v) is 7.65. The molecule has 1 aromatic heterocycles. The predicted octanol–water partition coefficient (Wildman–Crippen LogP) is 4.84. The maximum atomic E-state index is 15.3. The number of carbonyl (C=O) groups excluding carboxylic acids is 3. The number of benzene rings is 2. The van der Waals surface area contributed by atoms with Gasteiger partial charge in [-0.2, -0.15) is 9.47 Å². The van der Waals surface area contributed by atoms with E-state index in [9.17, 15) is 14.4 Å². The number of likely N-dealkylation sites (tertiary alicyclic amines) is 1. The van der Waals surface area contributed by atoms with Gasteiger partial charge in [0.05, 0.1) is 29.5 Å². The average molecular weight is 533 g/mol. The number of piperidine rings is 1. The van der Waals surface area contributed by atoms with Gasteiger partial charge in [-0.05, 0) is 57.7 Å². The molecule has 9 heteroatoms. The van der Waals surface area contributed by atoms with E-state index in [0.717, 1.165) is 24.8 Å². The highest BCUT2D eigenvalue weighted by Gasteiger charge is 2.47. The van der Waals surface area contributed by atoms with Crippen LogP contribution in [0, 0.1) is 5.82 Å². The van der Waals surface area contributed by atoms with Crippen molar-refractivity contribution < 1.29 is 28.2 Å². The van der Waals surface area contributed by atoms with Crippen molar-refractivity contribution in [3.05, 3.63) is 65.1 Å². The Morgan fingerprint density at radius 1 is 1.03 bits per heavy atom. The second kappa shape index (κ2) is 9.05. The minimum atomic E-state index is -0.690. The van der Waals surface area contributed by atoms with E-state index in [1.54, 1.807) is 12.3 Å². The Kier molecular flexibility index (Phi) is 5.87. The molecule has 0 spiro atoms. The number of para-hydroxylation sites is 1. The smallest absolute Gasteiger partial charge is 0.492 e. The third-order valence-electron chi connectivity index (χ3n) is 7.65. The van der Waals surface area contributed by atoms with Crippen molar-refractivity contribution in [1.82, 2.24) is 14.6 Å². The first-order valence-corrected chi connectivity index (χ1v) is 13.4. The molecule has 3 aliphatic rings. The van der Waals surface area contributed by atoms with Crippen LogP contribution < -0.4 is 14.6 Å². The van der Waals surface area contributed by atoms with E-state index >= 15 is 4.39 Å². The number of hydrogen-bond acceptors (Lipinski definition) is 5. The molecule has 8 nitrogen and oxygen atoms in total. The standard InChI is InChI=1S/C30H30FN3O5/c1-30(2,3)39-29(37)34(14-7-4-8-15-34)33-17-20(19-9-5-6-10-22(19)33)23-25(28(36)32-27(23)35)24-21(31)12-11-18-13-16-38-26(18)24/h5-6,9-12,17H,4,7-8,13-16H2,1-3H3/p+1. The number of fused-ring (bicyclic) bond motifs is 2. The maximum absolute atomic E-state index is 15.3. The van der Waals surface area contributed by atoms with Crippen LogP contribution in [0.1, 0.15) is 56.7 Å². The Labute approximate surface area is 225 Å². The van der Waals surface area contributed by atoms with Gasteiger partial charge in [0.1, 0.15) is 35.8 Å². The Morgan fingerprint density at radius 2 is 1.74 bits per heavy atom. The first-order valence-electron chi connectivity index (χ1n) is 13.4. The first kappa shape index (κ1) is 25.3. The summed E-state index contributed by atoms with van der Waals surface area (Å²) < 4.78 is 28.8. The second-order valence-electron chi connectivity index (χ2n) is 11.4. The summed E-state index contributed by atoms with van der Waals surface area (Å²) in [6.07, 6.45) is 4.61. The summed E-state index contributed by atoms with van der Waals surface area (Å²) >= 11 is 0. The number of rotatable bonds is 3. The molecule has 1 fully saturated rings. The zero-order chi connectivity index (χ0) is 27.5. The molecule has 0 aliphatic carbocycles. The monoisotopic (exact) mass is 532 g/mol. The molecule has 1 saturated heterocycles. The van der Waals surface area contributed by atoms with Crippen molar-refractivity contribution in [1.29, 1.82) is 0 Å². The van der Waals surface area contributed by atoms with Gasteiger partial charge in [0.25, 0.3) is 11.8 Å². The van der Waals surface area contributed by atoms with Gasteiger partial charge in [-0.3, -0.25) is 14.9 Å². The number of carbonyl (C=O) groups is 3. The summed E-state index contributed by atoms with van der Waals surface area (Å²) in [5.41, 5.74) is 1.27. The number of quaternary nitrogens is 1. The fraction of sp³-hybridized carbons (Fsp3) is 0.367. The SMILES string of the molecule is CC(C)(C)OC(=O)[N+]1(n2cc(C3=C(c4c(F)ccc5c4OCC5)C(=O)NC3=O)c3ccccc32)CCCCC1. The van der Waals surface area contributed by atoms with Crippen LogP contribution in [0.2, 0.25) is 0 Å². The molecule has 3 aliphatic heterocycles. The lowest BCUT2D eigenvalue weighted by Gasteiger charge is -2.39. The van der Waals surface area contributed by atoms with E-state index < -0.39 is 23.2 Å². The number of nitrogens with one attached hydrogen (secondary N) is 1. The summed E-state index contributed by atoms with van der Waals surface area (Å²) in [6, 6.07) is 10.4. The van der Waals surface area contributed by atoms with E-state index in [-0.39, 0.29) is 27.4 Å². The van der Waals surface area contributed by atoms with Crippen LogP contribution in [0.4, 0.5) is 9.18 Å². The van der Waals surface area contributed by atoms with Gasteiger partial charge in [-0.25, -0.2) is 4.39 Å². The van der Waals surface area contributed by atoms with Crippen LogP contribution in [0.3, 0.4) is 0 Å². The molecular weight excluding hydrogens is 501 g/mol. The third kappa shape index (κ3) is 4.03. The highest BCUT2D eigenvalue weighted by Crippen LogP contribution is 2.43. The molecule has 0 bridgehead atoms. The van der Waals surface area contributed by atoms with Crippen LogP contribution in [0.5, 0.6) is 5.75 Å². The van der Waals surface area contributed by atoms with E-state index in [2.05, 4.69) is 5.32 Å². The molecule has 0 radical (unpaired) electrons. The van der Waals surface area contributed by atoms with Crippen LogP contribution >= 0.6 is 0 Å². The largest absolute Gasteiger partial charge is 0.542 e. The lowest BCUT2D eigenvalue weighted by atomic mass is 9.93. The molecular formula is C30H31FN3O5+. The fourth-order valence-corrected chi connectivity index (χ4v) is 5.96. The second-order valence-corrected chi connectivity index (χ2v) is 11.4. The van der Waals surface area contributed by atoms with Crippen molar-refractivity contribution >= 4 is 40.0 Å². The number of nitrogens with zero attached hydrogens (tertiary/aromatic N) is 2. The zero-order valence-electron chi connectivity index (χ0n) is 22.3. The highest BCUT2D eigenvalue weighted by atomic mass is 19.1. The lowest BCUT2D eigenvalue weighted by molar-refractivity contribution is -0.122. The van der Waals surface area contributed by atoms with Crippen LogP contribution in [0.15, 0.2) is 42.6 Å². The predicted molar refractivity (Wildman–Crippen MR) is 145 cm³/mol. The molecule has 0 unspecified atom stereocenters. The van der Waals surface area contributed by atoms with E-state index in [1.165, 1.54) is 6.07 Å². The van der Waals surface area contributed by atoms with Gasteiger partial charge in [0.15, 0.2) is 0 Å². The van der Waals surface area contributed by atoms with Gasteiger partial charge >= 0.3 is 6.09 Å². The van der Waals surface area contributed by atoms with Gasteiger partial charge in [0, 0.05) is 17.4 Å². The summed E-state index contributed by atoms with van der Waals surface area (Å²) in [5.74, 6) is -1.63. The fourth-order valence-electron chi connectivity index (χ4n) is 5.96. The first-order chi connectivity index (χ1) is 18.6. The van der Waals surface area contributed by atoms with Crippen molar-refractivity contribution in [2.24, 2.45) is 0 Å². The van der Waals surface area contributed by atoms with E-state index in [1.807, 2.05) is 49.7 Å². The normalized spacial score (nSPS) is 18.8.